The fourth-order valence-electron chi connectivity index (χ4n) is 3.13. The summed E-state index contributed by atoms with van der Waals surface area (Å²) in [5.74, 6) is 0.854. The summed E-state index contributed by atoms with van der Waals surface area (Å²) in [4.78, 5) is 10.8. The molecule has 4 rings (SSSR count). The molecule has 0 unspecified atom stereocenters. The van der Waals surface area contributed by atoms with Crippen LogP contribution < -0.4 is 0 Å². The van der Waals surface area contributed by atoms with Crippen molar-refractivity contribution in [1.82, 2.24) is 9.80 Å². The summed E-state index contributed by atoms with van der Waals surface area (Å²) in [5.41, 5.74) is 1.95. The third-order valence-electron chi connectivity index (χ3n) is 4.49. The predicted molar refractivity (Wildman–Crippen MR) is 109 cm³/mol. The van der Waals surface area contributed by atoms with Crippen LogP contribution in [0.1, 0.15) is 11.0 Å². The fourth-order valence-corrected chi connectivity index (χ4v) is 4.15. The van der Waals surface area contributed by atoms with Crippen LogP contribution in [0.3, 0.4) is 0 Å². The van der Waals surface area contributed by atoms with Gasteiger partial charge in [0.05, 0.1) is 28.2 Å². The summed E-state index contributed by atoms with van der Waals surface area (Å²) in [6, 6.07) is 16.2. The topological polar surface area (TPSA) is 48.3 Å². The van der Waals surface area contributed by atoms with Crippen molar-refractivity contribution in [3.05, 3.63) is 54.1 Å². The van der Waals surface area contributed by atoms with Gasteiger partial charge in [-0.2, -0.15) is 0 Å². The molecule has 142 valence electrons. The van der Waals surface area contributed by atoms with Gasteiger partial charge in [-0.25, -0.2) is 4.99 Å². The Balaban J connectivity index is 1.56. The van der Waals surface area contributed by atoms with Crippen LogP contribution in [0.4, 0.5) is 5.69 Å². The van der Waals surface area contributed by atoms with Crippen molar-refractivity contribution in [2.75, 3.05) is 52.4 Å². The number of benzene rings is 2. The number of nitrogens with zero attached hydrogens (tertiary/aromatic N) is 3. The molecule has 5 nitrogen and oxygen atoms in total. The molecule has 0 saturated carbocycles. The quantitative estimate of drug-likeness (QED) is 0.855. The zero-order chi connectivity index (χ0) is 22.1. The van der Waals surface area contributed by atoms with Crippen LogP contribution >= 0.6 is 11.8 Å². The third-order valence-corrected chi connectivity index (χ3v) is 5.63. The maximum absolute atomic E-state index is 8.91. The number of ether oxygens (including phenoxy) is 1. The van der Waals surface area contributed by atoms with E-state index in [2.05, 4.69) is 23.1 Å². The van der Waals surface area contributed by atoms with E-state index < -0.39 is 13.1 Å². The number of hydrogen-bond acceptors (Lipinski definition) is 6. The van der Waals surface area contributed by atoms with Crippen molar-refractivity contribution in [3.63, 3.8) is 0 Å². The van der Waals surface area contributed by atoms with Gasteiger partial charge in [0, 0.05) is 50.8 Å². The molecule has 1 saturated heterocycles. The fraction of sp³-hybridized carbons (Fsp3) is 0.381. The lowest BCUT2D eigenvalue weighted by Gasteiger charge is -2.36. The first-order chi connectivity index (χ1) is 14.8. The first-order valence-electron chi connectivity index (χ1n) is 11.0. The number of piperazine rings is 1. The molecular formula is C21H25N3O2S. The van der Waals surface area contributed by atoms with E-state index in [4.69, 9.17) is 20.3 Å². The van der Waals surface area contributed by atoms with Gasteiger partial charge < -0.3 is 14.7 Å². The lowest BCUT2D eigenvalue weighted by Crippen LogP contribution is -2.49. The van der Waals surface area contributed by atoms with Gasteiger partial charge in [0.15, 0.2) is 0 Å². The van der Waals surface area contributed by atoms with Crippen LogP contribution in [0, 0.1) is 0 Å². The zero-order valence-electron chi connectivity index (χ0n) is 19.0. The lowest BCUT2D eigenvalue weighted by molar-refractivity contribution is 0.0652. The molecule has 0 aromatic heterocycles. The first-order valence-corrected chi connectivity index (χ1v) is 9.85. The summed E-state index contributed by atoms with van der Waals surface area (Å²) < 4.78 is 37.6. The minimum absolute atomic E-state index is 0.253. The Hall–Kier alpha value is -1.86. The Labute approximate surface area is 170 Å². The Bertz CT molecular complexity index is 965. The molecule has 27 heavy (non-hydrogen) atoms. The second kappa shape index (κ2) is 8.89. The van der Waals surface area contributed by atoms with Crippen molar-refractivity contribution >= 4 is 23.3 Å². The van der Waals surface area contributed by atoms with E-state index in [0.717, 1.165) is 26.9 Å². The summed E-state index contributed by atoms with van der Waals surface area (Å²) in [6.07, 6.45) is 0. The molecule has 1 fully saturated rings. The highest BCUT2D eigenvalue weighted by Gasteiger charge is 2.24. The van der Waals surface area contributed by atoms with Gasteiger partial charge >= 0.3 is 0 Å². The predicted octanol–water partition coefficient (Wildman–Crippen LogP) is 2.86. The lowest BCUT2D eigenvalue weighted by atomic mass is 10.1. The minimum atomic E-state index is -2.53. The Morgan fingerprint density at radius 2 is 1.78 bits per heavy atom. The van der Waals surface area contributed by atoms with Gasteiger partial charge in [0.1, 0.15) is 5.84 Å². The molecule has 0 aliphatic carbocycles. The Morgan fingerprint density at radius 1 is 1.04 bits per heavy atom. The van der Waals surface area contributed by atoms with Crippen molar-refractivity contribution < 1.29 is 15.3 Å². The molecule has 0 bridgehead atoms. The van der Waals surface area contributed by atoms with Gasteiger partial charge in [-0.05, 0) is 18.2 Å². The van der Waals surface area contributed by atoms with Gasteiger partial charge in [-0.3, -0.25) is 4.90 Å². The standard InChI is InChI=1S/C21H25N3O2S/c25-14-16-26-15-13-23-9-11-24(12-10-23)21-17-5-1-3-7-19(17)27-20-8-4-2-6-18(20)22-21/h1-8,25H,9-16H2/i13D2,15D2. The normalized spacial score (nSPS) is 20.3. The average molecular weight is 388 g/mol. The van der Waals surface area contributed by atoms with E-state index in [1.807, 2.05) is 30.3 Å². The van der Waals surface area contributed by atoms with Gasteiger partial charge in [-0.1, -0.05) is 42.1 Å². The van der Waals surface area contributed by atoms with Crippen LogP contribution in [0.2, 0.25) is 0 Å². The molecule has 2 aromatic carbocycles. The smallest absolute Gasteiger partial charge is 0.137 e. The van der Waals surface area contributed by atoms with E-state index >= 15 is 0 Å². The van der Waals surface area contributed by atoms with Crippen LogP contribution in [0.25, 0.3) is 0 Å². The average Bonchev–Trinajstić information content (AvgIpc) is 2.94. The van der Waals surface area contributed by atoms with Crippen molar-refractivity contribution in [2.45, 2.75) is 9.79 Å². The summed E-state index contributed by atoms with van der Waals surface area (Å²) in [6.45, 7) is -3.79. The van der Waals surface area contributed by atoms with Crippen molar-refractivity contribution in [1.29, 1.82) is 0 Å². The molecule has 2 aromatic rings. The van der Waals surface area contributed by atoms with Crippen LogP contribution in [-0.4, -0.2) is 73.2 Å². The number of aliphatic hydroxyl groups is 1. The minimum Gasteiger partial charge on any atom is -0.394 e. The summed E-state index contributed by atoms with van der Waals surface area (Å²) in [7, 11) is 0. The third kappa shape index (κ3) is 4.35. The van der Waals surface area contributed by atoms with Gasteiger partial charge in [0.2, 0.25) is 0 Å². The van der Waals surface area contributed by atoms with E-state index in [1.165, 1.54) is 4.90 Å². The van der Waals surface area contributed by atoms with Crippen LogP contribution in [0.15, 0.2) is 63.3 Å². The highest BCUT2D eigenvalue weighted by Crippen LogP contribution is 2.40. The molecule has 0 spiro atoms. The second-order valence-electron chi connectivity index (χ2n) is 6.26. The molecule has 1 N–H and O–H groups in total. The van der Waals surface area contributed by atoms with E-state index in [1.54, 1.807) is 11.8 Å². The molecule has 0 amide bonds. The SMILES string of the molecule is [2H]C([2H])(OCCO)C([2H])([2H])N1CCN(C2=Nc3ccccc3Sc3ccccc32)CC1. The van der Waals surface area contributed by atoms with Crippen molar-refractivity contribution in [2.24, 2.45) is 4.99 Å². The zero-order valence-corrected chi connectivity index (χ0v) is 15.8. The molecule has 0 atom stereocenters. The maximum atomic E-state index is 8.91. The molecule has 2 aliphatic rings. The summed E-state index contributed by atoms with van der Waals surface area (Å²) >= 11 is 1.69. The number of hydrogen-bond donors (Lipinski definition) is 1. The highest BCUT2D eigenvalue weighted by atomic mass is 32.2. The van der Waals surface area contributed by atoms with Gasteiger partial charge in [-0.15, -0.1) is 0 Å². The Morgan fingerprint density at radius 3 is 2.59 bits per heavy atom. The first kappa shape index (κ1) is 14.2. The number of rotatable bonds is 5. The van der Waals surface area contributed by atoms with Crippen LogP contribution in [0.5, 0.6) is 0 Å². The number of fused-ring (bicyclic) bond motifs is 2. The number of amidine groups is 1. The monoisotopic (exact) mass is 387 g/mol. The largest absolute Gasteiger partial charge is 0.394 e. The molecule has 6 heteroatoms. The van der Waals surface area contributed by atoms with E-state index in [0.29, 0.717) is 26.2 Å². The van der Waals surface area contributed by atoms with Gasteiger partial charge in [0.25, 0.3) is 0 Å². The molecular weight excluding hydrogens is 358 g/mol. The summed E-state index contributed by atoms with van der Waals surface area (Å²) in [5, 5.41) is 8.91. The van der Waals surface area contributed by atoms with E-state index in [-0.39, 0.29) is 13.2 Å². The molecule has 2 aliphatic heterocycles. The number of para-hydroxylation sites is 1. The highest BCUT2D eigenvalue weighted by molar-refractivity contribution is 7.99. The van der Waals surface area contributed by atoms with Crippen molar-refractivity contribution in [3.8, 4) is 0 Å². The second-order valence-corrected chi connectivity index (χ2v) is 7.35. The number of aliphatic hydroxyl groups excluding tert-OH is 1. The maximum Gasteiger partial charge on any atom is 0.137 e. The van der Waals surface area contributed by atoms with Crippen LogP contribution in [-0.2, 0) is 4.74 Å². The molecule has 0 radical (unpaired) electrons. The molecule has 2 heterocycles. The number of aliphatic imine (C=N–C) groups is 1. The Kier molecular flexibility index (Phi) is 4.67. The van der Waals surface area contributed by atoms with E-state index in [9.17, 15) is 0 Å².